The number of carbonyl (C=O) groups is 1. The fourth-order valence-electron chi connectivity index (χ4n) is 2.15. The van der Waals surface area contributed by atoms with Crippen molar-refractivity contribution in [2.24, 2.45) is 0 Å². The SMILES string of the molecule is COC(=O)C1CN(c2ccc3nccnc3n2)CCO1. The molecule has 104 valence electrons. The van der Waals surface area contributed by atoms with E-state index in [-0.39, 0.29) is 5.97 Å². The number of esters is 1. The number of fused-ring (bicyclic) bond motifs is 1. The molecule has 0 spiro atoms. The molecule has 2 aromatic heterocycles. The third-order valence-corrected chi connectivity index (χ3v) is 3.17. The Balaban J connectivity index is 1.84. The van der Waals surface area contributed by atoms with Crippen LogP contribution in [0.25, 0.3) is 11.2 Å². The summed E-state index contributed by atoms with van der Waals surface area (Å²) in [7, 11) is 1.36. The predicted molar refractivity (Wildman–Crippen MR) is 71.3 cm³/mol. The highest BCUT2D eigenvalue weighted by molar-refractivity contribution is 5.76. The average molecular weight is 274 g/mol. The van der Waals surface area contributed by atoms with Gasteiger partial charge in [-0.05, 0) is 12.1 Å². The topological polar surface area (TPSA) is 77.4 Å². The van der Waals surface area contributed by atoms with Gasteiger partial charge in [0.15, 0.2) is 11.8 Å². The minimum atomic E-state index is -0.576. The number of pyridine rings is 1. The van der Waals surface area contributed by atoms with E-state index in [0.717, 1.165) is 11.3 Å². The number of rotatable bonds is 2. The van der Waals surface area contributed by atoms with Gasteiger partial charge in [-0.2, -0.15) is 0 Å². The van der Waals surface area contributed by atoms with Crippen LogP contribution >= 0.6 is 0 Å². The molecule has 3 heterocycles. The zero-order valence-electron chi connectivity index (χ0n) is 11.0. The fraction of sp³-hybridized carbons (Fsp3) is 0.385. The van der Waals surface area contributed by atoms with Crippen molar-refractivity contribution in [1.29, 1.82) is 0 Å². The molecule has 1 unspecified atom stereocenters. The maximum Gasteiger partial charge on any atom is 0.336 e. The summed E-state index contributed by atoms with van der Waals surface area (Å²) in [6, 6.07) is 3.74. The van der Waals surface area contributed by atoms with Gasteiger partial charge in [-0.15, -0.1) is 0 Å². The molecule has 1 fully saturated rings. The van der Waals surface area contributed by atoms with Crippen LogP contribution in [0.1, 0.15) is 0 Å². The van der Waals surface area contributed by atoms with E-state index in [0.29, 0.717) is 25.3 Å². The van der Waals surface area contributed by atoms with Gasteiger partial charge in [0.25, 0.3) is 0 Å². The minimum absolute atomic E-state index is 0.365. The molecule has 7 heteroatoms. The van der Waals surface area contributed by atoms with E-state index in [4.69, 9.17) is 9.47 Å². The molecular formula is C13H14N4O3. The van der Waals surface area contributed by atoms with Crippen LogP contribution in [0.3, 0.4) is 0 Å². The summed E-state index contributed by atoms with van der Waals surface area (Å²) in [5.74, 6) is 0.394. The van der Waals surface area contributed by atoms with Crippen LogP contribution in [-0.2, 0) is 14.3 Å². The highest BCUT2D eigenvalue weighted by Gasteiger charge is 2.28. The van der Waals surface area contributed by atoms with Gasteiger partial charge < -0.3 is 14.4 Å². The summed E-state index contributed by atoms with van der Waals surface area (Å²) < 4.78 is 10.1. The molecule has 0 amide bonds. The number of nitrogens with zero attached hydrogens (tertiary/aromatic N) is 4. The molecule has 1 saturated heterocycles. The lowest BCUT2D eigenvalue weighted by Crippen LogP contribution is -2.46. The first kappa shape index (κ1) is 12.7. The summed E-state index contributed by atoms with van der Waals surface area (Å²) in [5.41, 5.74) is 1.33. The number of methoxy groups -OCH3 is 1. The predicted octanol–water partition coefficient (Wildman–Crippen LogP) is 0.403. The minimum Gasteiger partial charge on any atom is -0.467 e. The third kappa shape index (κ3) is 2.39. The van der Waals surface area contributed by atoms with E-state index in [1.807, 2.05) is 17.0 Å². The summed E-state index contributed by atoms with van der Waals surface area (Å²) in [5, 5.41) is 0. The van der Waals surface area contributed by atoms with E-state index >= 15 is 0 Å². The maximum atomic E-state index is 11.5. The van der Waals surface area contributed by atoms with Crippen molar-refractivity contribution < 1.29 is 14.3 Å². The number of carbonyl (C=O) groups excluding carboxylic acids is 1. The lowest BCUT2D eigenvalue weighted by molar-refractivity contribution is -0.154. The van der Waals surface area contributed by atoms with Gasteiger partial charge in [-0.3, -0.25) is 4.98 Å². The molecule has 7 nitrogen and oxygen atoms in total. The zero-order valence-corrected chi connectivity index (χ0v) is 11.0. The Labute approximate surface area is 115 Å². The molecule has 0 saturated carbocycles. The van der Waals surface area contributed by atoms with Crippen molar-refractivity contribution >= 4 is 23.0 Å². The van der Waals surface area contributed by atoms with Crippen molar-refractivity contribution in [3.05, 3.63) is 24.5 Å². The van der Waals surface area contributed by atoms with Crippen LogP contribution < -0.4 is 4.90 Å². The number of hydrogen-bond donors (Lipinski definition) is 0. The van der Waals surface area contributed by atoms with Gasteiger partial charge in [0.05, 0.1) is 20.3 Å². The van der Waals surface area contributed by atoms with Crippen molar-refractivity contribution in [1.82, 2.24) is 15.0 Å². The van der Waals surface area contributed by atoms with Gasteiger partial charge in [0.2, 0.25) is 0 Å². The molecule has 2 aromatic rings. The van der Waals surface area contributed by atoms with E-state index in [9.17, 15) is 4.79 Å². The summed E-state index contributed by atoms with van der Waals surface area (Å²) in [6.45, 7) is 1.55. The Morgan fingerprint density at radius 1 is 1.40 bits per heavy atom. The van der Waals surface area contributed by atoms with Crippen LogP contribution in [0.5, 0.6) is 0 Å². The second-order valence-corrected chi connectivity index (χ2v) is 4.40. The smallest absolute Gasteiger partial charge is 0.336 e. The van der Waals surface area contributed by atoms with Crippen molar-refractivity contribution in [2.75, 3.05) is 31.7 Å². The summed E-state index contributed by atoms with van der Waals surface area (Å²) >= 11 is 0. The Bertz CT molecular complexity index is 634. The molecule has 1 aliphatic rings. The Morgan fingerprint density at radius 2 is 2.25 bits per heavy atom. The van der Waals surface area contributed by atoms with E-state index < -0.39 is 6.10 Å². The first-order chi connectivity index (χ1) is 9.78. The van der Waals surface area contributed by atoms with Gasteiger partial charge >= 0.3 is 5.97 Å². The van der Waals surface area contributed by atoms with Crippen molar-refractivity contribution in [3.63, 3.8) is 0 Å². The quantitative estimate of drug-likeness (QED) is 0.734. The number of anilines is 1. The van der Waals surface area contributed by atoms with E-state index in [1.165, 1.54) is 7.11 Å². The second-order valence-electron chi connectivity index (χ2n) is 4.40. The Hall–Kier alpha value is -2.28. The summed E-state index contributed by atoms with van der Waals surface area (Å²) in [4.78, 5) is 26.4. The molecule has 0 radical (unpaired) electrons. The second kappa shape index (κ2) is 5.38. The zero-order chi connectivity index (χ0) is 13.9. The Morgan fingerprint density at radius 3 is 3.10 bits per heavy atom. The Kier molecular flexibility index (Phi) is 3.42. The van der Waals surface area contributed by atoms with Crippen LogP contribution in [0.15, 0.2) is 24.5 Å². The fourth-order valence-corrected chi connectivity index (χ4v) is 2.15. The van der Waals surface area contributed by atoms with E-state index in [2.05, 4.69) is 15.0 Å². The van der Waals surface area contributed by atoms with Crippen LogP contribution in [-0.4, -0.2) is 53.8 Å². The first-order valence-corrected chi connectivity index (χ1v) is 6.30. The average Bonchev–Trinajstić information content (AvgIpc) is 2.53. The standard InChI is InChI=1S/C13H14N4O3/c1-19-13(18)10-8-17(6-7-20-10)11-3-2-9-12(16-11)15-5-4-14-9/h2-5,10H,6-8H2,1H3. The van der Waals surface area contributed by atoms with Crippen molar-refractivity contribution in [2.45, 2.75) is 6.10 Å². The number of aromatic nitrogens is 3. The largest absolute Gasteiger partial charge is 0.467 e. The molecule has 20 heavy (non-hydrogen) atoms. The number of ether oxygens (including phenoxy) is 2. The number of morpholine rings is 1. The monoisotopic (exact) mass is 274 g/mol. The molecule has 0 N–H and O–H groups in total. The molecule has 3 rings (SSSR count). The molecule has 0 bridgehead atoms. The first-order valence-electron chi connectivity index (χ1n) is 6.30. The molecule has 0 aliphatic carbocycles. The summed E-state index contributed by atoms with van der Waals surface area (Å²) in [6.07, 6.45) is 2.66. The van der Waals surface area contributed by atoms with Gasteiger partial charge in [-0.1, -0.05) is 0 Å². The highest BCUT2D eigenvalue weighted by Crippen LogP contribution is 2.18. The maximum absolute atomic E-state index is 11.5. The molecule has 1 aliphatic heterocycles. The van der Waals surface area contributed by atoms with Crippen LogP contribution in [0.2, 0.25) is 0 Å². The van der Waals surface area contributed by atoms with Crippen molar-refractivity contribution in [3.8, 4) is 0 Å². The molecule has 0 aromatic carbocycles. The molecule has 1 atom stereocenters. The van der Waals surface area contributed by atoms with Gasteiger partial charge in [0.1, 0.15) is 11.3 Å². The van der Waals surface area contributed by atoms with Gasteiger partial charge in [0, 0.05) is 18.9 Å². The lowest BCUT2D eigenvalue weighted by Gasteiger charge is -2.32. The molecular weight excluding hydrogens is 260 g/mol. The number of hydrogen-bond acceptors (Lipinski definition) is 7. The van der Waals surface area contributed by atoms with Crippen LogP contribution in [0, 0.1) is 0 Å². The third-order valence-electron chi connectivity index (χ3n) is 3.17. The van der Waals surface area contributed by atoms with E-state index in [1.54, 1.807) is 12.4 Å². The van der Waals surface area contributed by atoms with Gasteiger partial charge in [-0.25, -0.2) is 14.8 Å². The highest BCUT2D eigenvalue weighted by atomic mass is 16.6. The normalized spacial score (nSPS) is 19.1. The van der Waals surface area contributed by atoms with Crippen LogP contribution in [0.4, 0.5) is 5.82 Å². The lowest BCUT2D eigenvalue weighted by atomic mass is 10.2.